The Morgan fingerprint density at radius 2 is 2.43 bits per heavy atom. The molecule has 1 aromatic heterocycles. The standard InChI is InChI=1S/C9H11ClN2O2/c10-8-6-11-4-2-7(8)9(14)12-3-1-5-13/h2,4,6,13H,1,3,5H2,(H,12,14). The van der Waals surface area contributed by atoms with Gasteiger partial charge in [-0.15, -0.1) is 0 Å². The van der Waals surface area contributed by atoms with Crippen molar-refractivity contribution in [1.82, 2.24) is 10.3 Å². The van der Waals surface area contributed by atoms with E-state index in [2.05, 4.69) is 10.3 Å². The molecule has 0 saturated carbocycles. The molecule has 1 rings (SSSR count). The van der Waals surface area contributed by atoms with Crippen LogP contribution in [0.25, 0.3) is 0 Å². The number of carbonyl (C=O) groups excluding carboxylic acids is 1. The molecule has 0 atom stereocenters. The van der Waals surface area contributed by atoms with Gasteiger partial charge in [0.15, 0.2) is 0 Å². The molecule has 0 aromatic carbocycles. The van der Waals surface area contributed by atoms with Crippen molar-refractivity contribution in [2.45, 2.75) is 6.42 Å². The normalized spacial score (nSPS) is 9.86. The highest BCUT2D eigenvalue weighted by Crippen LogP contribution is 2.12. The predicted molar refractivity (Wildman–Crippen MR) is 53.3 cm³/mol. The van der Waals surface area contributed by atoms with Crippen molar-refractivity contribution < 1.29 is 9.90 Å². The maximum atomic E-state index is 11.4. The zero-order chi connectivity index (χ0) is 10.4. The molecule has 0 fully saturated rings. The molecule has 1 aromatic rings. The summed E-state index contributed by atoms with van der Waals surface area (Å²) < 4.78 is 0. The van der Waals surface area contributed by atoms with Crippen LogP contribution in [0.1, 0.15) is 16.8 Å². The smallest absolute Gasteiger partial charge is 0.252 e. The van der Waals surface area contributed by atoms with E-state index in [1.807, 2.05) is 0 Å². The zero-order valence-corrected chi connectivity index (χ0v) is 8.29. The minimum atomic E-state index is -0.245. The summed E-state index contributed by atoms with van der Waals surface area (Å²) in [6.45, 7) is 0.498. The number of nitrogens with zero attached hydrogens (tertiary/aromatic N) is 1. The van der Waals surface area contributed by atoms with Gasteiger partial charge in [0.25, 0.3) is 5.91 Å². The number of pyridine rings is 1. The van der Waals surface area contributed by atoms with Gasteiger partial charge in [-0.1, -0.05) is 11.6 Å². The number of nitrogens with one attached hydrogen (secondary N) is 1. The molecule has 14 heavy (non-hydrogen) atoms. The molecule has 4 nitrogen and oxygen atoms in total. The van der Waals surface area contributed by atoms with Crippen LogP contribution in [0, 0.1) is 0 Å². The Bertz CT molecular complexity index is 317. The van der Waals surface area contributed by atoms with Crippen LogP contribution in [0.5, 0.6) is 0 Å². The van der Waals surface area contributed by atoms with Crippen LogP contribution in [0.4, 0.5) is 0 Å². The fraction of sp³-hybridized carbons (Fsp3) is 0.333. The van der Waals surface area contributed by atoms with Crippen molar-refractivity contribution in [1.29, 1.82) is 0 Å². The molecule has 0 unspecified atom stereocenters. The largest absolute Gasteiger partial charge is 0.396 e. The number of hydrogen-bond donors (Lipinski definition) is 2. The topological polar surface area (TPSA) is 62.2 Å². The number of carbonyl (C=O) groups is 1. The summed E-state index contributed by atoms with van der Waals surface area (Å²) in [4.78, 5) is 15.2. The monoisotopic (exact) mass is 214 g/mol. The van der Waals surface area contributed by atoms with Crippen molar-refractivity contribution in [3.05, 3.63) is 29.0 Å². The predicted octanol–water partition coefficient (Wildman–Crippen LogP) is 0.847. The van der Waals surface area contributed by atoms with Gasteiger partial charge in [-0.3, -0.25) is 9.78 Å². The summed E-state index contributed by atoms with van der Waals surface area (Å²) in [5.74, 6) is -0.245. The Morgan fingerprint density at radius 1 is 1.64 bits per heavy atom. The van der Waals surface area contributed by atoms with Gasteiger partial charge in [-0.05, 0) is 12.5 Å². The molecule has 0 aliphatic carbocycles. The lowest BCUT2D eigenvalue weighted by Crippen LogP contribution is -2.25. The van der Waals surface area contributed by atoms with E-state index < -0.39 is 0 Å². The van der Waals surface area contributed by atoms with Crippen molar-refractivity contribution in [2.75, 3.05) is 13.2 Å². The molecule has 1 amide bonds. The zero-order valence-electron chi connectivity index (χ0n) is 7.53. The lowest BCUT2D eigenvalue weighted by molar-refractivity contribution is 0.0951. The highest BCUT2D eigenvalue weighted by atomic mass is 35.5. The van der Waals surface area contributed by atoms with Gasteiger partial charge in [0.05, 0.1) is 10.6 Å². The van der Waals surface area contributed by atoms with Crippen LogP contribution in [0.2, 0.25) is 5.02 Å². The van der Waals surface area contributed by atoms with Gasteiger partial charge in [-0.25, -0.2) is 0 Å². The molecular weight excluding hydrogens is 204 g/mol. The third-order valence-electron chi connectivity index (χ3n) is 1.64. The summed E-state index contributed by atoms with van der Waals surface area (Å²) in [6, 6.07) is 1.55. The first-order valence-corrected chi connectivity index (χ1v) is 4.62. The maximum Gasteiger partial charge on any atom is 0.252 e. The third kappa shape index (κ3) is 2.97. The minimum Gasteiger partial charge on any atom is -0.396 e. The number of aromatic nitrogens is 1. The Kier molecular flexibility index (Phi) is 4.35. The maximum absolute atomic E-state index is 11.4. The molecule has 1 heterocycles. The quantitative estimate of drug-likeness (QED) is 0.731. The number of aliphatic hydroxyl groups is 1. The molecule has 0 spiro atoms. The van der Waals surface area contributed by atoms with Crippen LogP contribution in [0.3, 0.4) is 0 Å². The highest BCUT2D eigenvalue weighted by molar-refractivity contribution is 6.33. The number of hydrogen-bond acceptors (Lipinski definition) is 3. The first kappa shape index (κ1) is 10.9. The lowest BCUT2D eigenvalue weighted by atomic mass is 10.2. The number of rotatable bonds is 4. The van der Waals surface area contributed by atoms with E-state index in [0.29, 0.717) is 23.6 Å². The van der Waals surface area contributed by atoms with E-state index >= 15 is 0 Å². The Balaban J connectivity index is 2.56. The van der Waals surface area contributed by atoms with Crippen LogP contribution in [-0.2, 0) is 0 Å². The van der Waals surface area contributed by atoms with Gasteiger partial charge >= 0.3 is 0 Å². The molecule has 0 aliphatic heterocycles. The molecule has 76 valence electrons. The van der Waals surface area contributed by atoms with Crippen LogP contribution < -0.4 is 5.32 Å². The number of aliphatic hydroxyl groups excluding tert-OH is 1. The third-order valence-corrected chi connectivity index (χ3v) is 1.94. The van der Waals surface area contributed by atoms with E-state index in [-0.39, 0.29) is 12.5 Å². The van der Waals surface area contributed by atoms with E-state index in [0.717, 1.165) is 0 Å². The van der Waals surface area contributed by atoms with Crippen molar-refractivity contribution in [2.24, 2.45) is 0 Å². The van der Waals surface area contributed by atoms with Crippen LogP contribution in [-0.4, -0.2) is 29.1 Å². The van der Waals surface area contributed by atoms with E-state index in [1.54, 1.807) is 6.07 Å². The van der Waals surface area contributed by atoms with Crippen LogP contribution >= 0.6 is 11.6 Å². The van der Waals surface area contributed by atoms with E-state index in [4.69, 9.17) is 16.7 Å². The molecule has 0 radical (unpaired) electrons. The molecule has 0 aliphatic rings. The molecular formula is C9H11ClN2O2. The van der Waals surface area contributed by atoms with Gasteiger partial charge < -0.3 is 10.4 Å². The van der Waals surface area contributed by atoms with Crippen molar-refractivity contribution >= 4 is 17.5 Å². The van der Waals surface area contributed by atoms with Crippen molar-refractivity contribution in [3.63, 3.8) is 0 Å². The molecule has 0 bridgehead atoms. The van der Waals surface area contributed by atoms with Gasteiger partial charge in [0, 0.05) is 25.5 Å². The summed E-state index contributed by atoms with van der Waals surface area (Å²) >= 11 is 5.76. The lowest BCUT2D eigenvalue weighted by Gasteiger charge is -2.04. The number of amides is 1. The van der Waals surface area contributed by atoms with Crippen LogP contribution in [0.15, 0.2) is 18.5 Å². The van der Waals surface area contributed by atoms with E-state index in [1.165, 1.54) is 12.4 Å². The van der Waals surface area contributed by atoms with E-state index in [9.17, 15) is 4.79 Å². The Morgan fingerprint density at radius 3 is 3.07 bits per heavy atom. The Labute approximate surface area is 86.9 Å². The summed E-state index contributed by atoms with van der Waals surface area (Å²) in [6.07, 6.45) is 3.46. The molecule has 5 heteroatoms. The van der Waals surface area contributed by atoms with Crippen molar-refractivity contribution in [3.8, 4) is 0 Å². The molecule has 2 N–H and O–H groups in total. The average Bonchev–Trinajstić information content (AvgIpc) is 2.18. The number of halogens is 1. The fourth-order valence-electron chi connectivity index (χ4n) is 0.936. The van der Waals surface area contributed by atoms with Gasteiger partial charge in [0.2, 0.25) is 0 Å². The SMILES string of the molecule is O=C(NCCCO)c1ccncc1Cl. The summed E-state index contributed by atoms with van der Waals surface area (Å²) in [7, 11) is 0. The minimum absolute atomic E-state index is 0.0599. The molecule has 0 saturated heterocycles. The Hall–Kier alpha value is -1.13. The second kappa shape index (κ2) is 5.57. The first-order chi connectivity index (χ1) is 6.75. The summed E-state index contributed by atoms with van der Waals surface area (Å²) in [5.41, 5.74) is 0.402. The second-order valence-corrected chi connectivity index (χ2v) is 3.10. The average molecular weight is 215 g/mol. The fourth-order valence-corrected chi connectivity index (χ4v) is 1.14. The summed E-state index contributed by atoms with van der Waals surface area (Å²) in [5, 5.41) is 11.5. The van der Waals surface area contributed by atoms with Gasteiger partial charge in [0.1, 0.15) is 0 Å². The van der Waals surface area contributed by atoms with Gasteiger partial charge in [-0.2, -0.15) is 0 Å². The highest BCUT2D eigenvalue weighted by Gasteiger charge is 2.08. The first-order valence-electron chi connectivity index (χ1n) is 4.24. The second-order valence-electron chi connectivity index (χ2n) is 2.69.